The molecule has 2 nitrogen and oxygen atoms in total. The standard InChI is InChI=1S/C16H13BrN2/c17-15-8-4-7-14(11-15)16-9-10-19(18-16)12-13-5-2-1-3-6-13/h1-11H,12H2. The van der Waals surface area contributed by atoms with Crippen LogP contribution in [-0.4, -0.2) is 9.78 Å². The minimum Gasteiger partial charge on any atom is -0.268 e. The molecule has 0 spiro atoms. The molecular formula is C16H13BrN2. The normalized spacial score (nSPS) is 10.6. The van der Waals surface area contributed by atoms with E-state index in [-0.39, 0.29) is 0 Å². The molecule has 0 saturated heterocycles. The van der Waals surface area contributed by atoms with Gasteiger partial charge in [0.1, 0.15) is 0 Å². The lowest BCUT2D eigenvalue weighted by atomic mass is 10.2. The molecule has 1 aromatic heterocycles. The van der Waals surface area contributed by atoms with E-state index < -0.39 is 0 Å². The first-order valence-electron chi connectivity index (χ1n) is 6.14. The highest BCUT2D eigenvalue weighted by molar-refractivity contribution is 9.10. The summed E-state index contributed by atoms with van der Waals surface area (Å²) in [5, 5.41) is 4.61. The molecule has 0 N–H and O–H groups in total. The van der Waals surface area contributed by atoms with Crippen molar-refractivity contribution < 1.29 is 0 Å². The number of aromatic nitrogens is 2. The van der Waals surface area contributed by atoms with Crippen molar-refractivity contribution in [2.24, 2.45) is 0 Å². The number of hydrogen-bond donors (Lipinski definition) is 0. The molecule has 3 rings (SSSR count). The molecule has 0 radical (unpaired) electrons. The summed E-state index contributed by atoms with van der Waals surface area (Å²) in [5.74, 6) is 0. The molecule has 2 aromatic carbocycles. The minimum atomic E-state index is 0.800. The van der Waals surface area contributed by atoms with Crippen LogP contribution in [0.4, 0.5) is 0 Å². The van der Waals surface area contributed by atoms with Crippen LogP contribution in [0, 0.1) is 0 Å². The zero-order valence-corrected chi connectivity index (χ0v) is 11.9. The van der Waals surface area contributed by atoms with Crippen LogP contribution in [-0.2, 0) is 6.54 Å². The Labute approximate surface area is 120 Å². The van der Waals surface area contributed by atoms with Crippen molar-refractivity contribution in [2.45, 2.75) is 6.54 Å². The predicted octanol–water partition coefficient (Wildman–Crippen LogP) is 4.36. The summed E-state index contributed by atoms with van der Waals surface area (Å²) < 4.78 is 3.04. The first kappa shape index (κ1) is 12.2. The summed E-state index contributed by atoms with van der Waals surface area (Å²) in [4.78, 5) is 0. The van der Waals surface area contributed by atoms with Gasteiger partial charge in [0.25, 0.3) is 0 Å². The van der Waals surface area contributed by atoms with Gasteiger partial charge in [-0.15, -0.1) is 0 Å². The molecule has 94 valence electrons. The molecule has 0 aliphatic heterocycles. The van der Waals surface area contributed by atoms with E-state index in [9.17, 15) is 0 Å². The van der Waals surface area contributed by atoms with Gasteiger partial charge in [-0.05, 0) is 23.8 Å². The second kappa shape index (κ2) is 5.41. The Kier molecular flexibility index (Phi) is 3.47. The number of rotatable bonds is 3. The van der Waals surface area contributed by atoms with E-state index in [0.29, 0.717) is 0 Å². The van der Waals surface area contributed by atoms with Crippen LogP contribution in [0.25, 0.3) is 11.3 Å². The summed E-state index contributed by atoms with van der Waals surface area (Å²) in [7, 11) is 0. The quantitative estimate of drug-likeness (QED) is 0.702. The van der Waals surface area contributed by atoms with Crippen molar-refractivity contribution in [3.05, 3.63) is 76.9 Å². The van der Waals surface area contributed by atoms with E-state index in [1.54, 1.807) is 0 Å². The molecule has 0 aliphatic rings. The zero-order chi connectivity index (χ0) is 13.1. The van der Waals surface area contributed by atoms with E-state index in [1.165, 1.54) is 5.56 Å². The molecular weight excluding hydrogens is 300 g/mol. The maximum atomic E-state index is 4.61. The first-order valence-corrected chi connectivity index (χ1v) is 6.94. The summed E-state index contributed by atoms with van der Waals surface area (Å²) >= 11 is 3.49. The first-order chi connectivity index (χ1) is 9.31. The predicted molar refractivity (Wildman–Crippen MR) is 80.9 cm³/mol. The fraction of sp³-hybridized carbons (Fsp3) is 0.0625. The van der Waals surface area contributed by atoms with Gasteiger partial charge in [0.15, 0.2) is 0 Å². The van der Waals surface area contributed by atoms with Crippen LogP contribution in [0.5, 0.6) is 0 Å². The fourth-order valence-electron chi connectivity index (χ4n) is 2.02. The van der Waals surface area contributed by atoms with Gasteiger partial charge in [-0.25, -0.2) is 0 Å². The highest BCUT2D eigenvalue weighted by atomic mass is 79.9. The Morgan fingerprint density at radius 1 is 0.947 bits per heavy atom. The van der Waals surface area contributed by atoms with Crippen molar-refractivity contribution in [3.8, 4) is 11.3 Å². The molecule has 3 heteroatoms. The van der Waals surface area contributed by atoms with Gasteiger partial charge in [-0.1, -0.05) is 58.4 Å². The van der Waals surface area contributed by atoms with Crippen LogP contribution in [0.2, 0.25) is 0 Å². The third-order valence-corrected chi connectivity index (χ3v) is 3.44. The molecule has 0 atom stereocenters. The van der Waals surface area contributed by atoms with Crippen molar-refractivity contribution >= 4 is 15.9 Å². The van der Waals surface area contributed by atoms with Crippen LogP contribution in [0.3, 0.4) is 0 Å². The molecule has 19 heavy (non-hydrogen) atoms. The second-order valence-electron chi connectivity index (χ2n) is 4.39. The molecule has 0 amide bonds. The average Bonchev–Trinajstić information content (AvgIpc) is 2.88. The summed E-state index contributed by atoms with van der Waals surface area (Å²) in [5.41, 5.74) is 3.38. The van der Waals surface area contributed by atoms with E-state index >= 15 is 0 Å². The van der Waals surface area contributed by atoms with Gasteiger partial charge in [0.05, 0.1) is 12.2 Å². The maximum Gasteiger partial charge on any atom is 0.0923 e. The van der Waals surface area contributed by atoms with Gasteiger partial charge in [-0.2, -0.15) is 5.10 Å². The smallest absolute Gasteiger partial charge is 0.0923 e. The number of hydrogen-bond acceptors (Lipinski definition) is 1. The minimum absolute atomic E-state index is 0.800. The third-order valence-electron chi connectivity index (χ3n) is 2.95. The van der Waals surface area contributed by atoms with Crippen molar-refractivity contribution in [1.82, 2.24) is 9.78 Å². The molecule has 0 fully saturated rings. The SMILES string of the molecule is Brc1cccc(-c2ccn(Cc3ccccc3)n2)c1. The highest BCUT2D eigenvalue weighted by Gasteiger charge is 2.03. The van der Waals surface area contributed by atoms with Crippen molar-refractivity contribution in [3.63, 3.8) is 0 Å². The Balaban J connectivity index is 1.84. The van der Waals surface area contributed by atoms with E-state index in [0.717, 1.165) is 22.3 Å². The number of benzene rings is 2. The fourth-order valence-corrected chi connectivity index (χ4v) is 2.42. The lowest BCUT2D eigenvalue weighted by Gasteiger charge is -2.01. The van der Waals surface area contributed by atoms with Crippen molar-refractivity contribution in [2.75, 3.05) is 0 Å². The molecule has 3 aromatic rings. The zero-order valence-electron chi connectivity index (χ0n) is 10.3. The van der Waals surface area contributed by atoms with Crippen LogP contribution < -0.4 is 0 Å². The number of halogens is 1. The average molecular weight is 313 g/mol. The summed E-state index contributed by atoms with van der Waals surface area (Å²) in [6, 6.07) is 20.6. The maximum absolute atomic E-state index is 4.61. The van der Waals surface area contributed by atoms with Crippen LogP contribution in [0.15, 0.2) is 71.3 Å². The Hall–Kier alpha value is -1.87. The second-order valence-corrected chi connectivity index (χ2v) is 5.31. The van der Waals surface area contributed by atoms with Gasteiger partial charge in [0.2, 0.25) is 0 Å². The molecule has 0 unspecified atom stereocenters. The van der Waals surface area contributed by atoms with E-state index in [1.807, 2.05) is 47.3 Å². The number of nitrogens with zero attached hydrogens (tertiary/aromatic N) is 2. The Morgan fingerprint density at radius 2 is 1.79 bits per heavy atom. The highest BCUT2D eigenvalue weighted by Crippen LogP contribution is 2.21. The van der Waals surface area contributed by atoms with E-state index in [2.05, 4.69) is 45.3 Å². The largest absolute Gasteiger partial charge is 0.268 e. The van der Waals surface area contributed by atoms with E-state index in [4.69, 9.17) is 0 Å². The lowest BCUT2D eigenvalue weighted by Crippen LogP contribution is -1.99. The topological polar surface area (TPSA) is 17.8 Å². The molecule has 0 bridgehead atoms. The molecule has 0 aliphatic carbocycles. The van der Waals surface area contributed by atoms with Gasteiger partial charge < -0.3 is 0 Å². The lowest BCUT2D eigenvalue weighted by molar-refractivity contribution is 0.689. The molecule has 1 heterocycles. The van der Waals surface area contributed by atoms with Crippen molar-refractivity contribution in [1.29, 1.82) is 0 Å². The van der Waals surface area contributed by atoms with Crippen LogP contribution in [0.1, 0.15) is 5.56 Å². The Morgan fingerprint density at radius 3 is 2.58 bits per heavy atom. The van der Waals surface area contributed by atoms with Gasteiger partial charge in [0, 0.05) is 16.2 Å². The summed E-state index contributed by atoms with van der Waals surface area (Å²) in [6.07, 6.45) is 2.02. The van der Waals surface area contributed by atoms with Crippen LogP contribution >= 0.6 is 15.9 Å². The summed E-state index contributed by atoms with van der Waals surface area (Å²) in [6.45, 7) is 0.800. The monoisotopic (exact) mass is 312 g/mol. The van der Waals surface area contributed by atoms with Gasteiger partial charge in [-0.3, -0.25) is 4.68 Å². The molecule has 0 saturated carbocycles. The van der Waals surface area contributed by atoms with Gasteiger partial charge >= 0.3 is 0 Å². The third kappa shape index (κ3) is 2.93. The Bertz CT molecular complexity index is 674.